The Kier molecular flexibility index (Phi) is 4.72. The molecule has 4 N–H and O–H groups in total. The number of hydrogen-bond acceptors (Lipinski definition) is 5. The smallest absolute Gasteiger partial charge is 0.205 e. The number of hydrogen-bond donors (Lipinski definition) is 3. The Bertz CT molecular complexity index is 1360. The Balaban J connectivity index is 1.65. The number of ketones is 1. The van der Waals surface area contributed by atoms with Crippen molar-refractivity contribution in [1.29, 1.82) is 0 Å². The van der Waals surface area contributed by atoms with E-state index >= 15 is 0 Å². The first kappa shape index (κ1) is 19.0. The monoisotopic (exact) mass is 428 g/mol. The molecule has 0 radical (unpaired) electrons. The van der Waals surface area contributed by atoms with Crippen LogP contribution in [-0.2, 0) is 0 Å². The number of imidazole rings is 1. The predicted molar refractivity (Wildman–Crippen MR) is 123 cm³/mol. The molecule has 0 atom stereocenters. The maximum Gasteiger partial charge on any atom is 0.205 e. The van der Waals surface area contributed by atoms with Crippen LogP contribution in [-0.4, -0.2) is 15.8 Å². The van der Waals surface area contributed by atoms with Crippen molar-refractivity contribution < 1.29 is 9.18 Å². The highest BCUT2D eigenvalue weighted by molar-refractivity contribution is 7.19. The summed E-state index contributed by atoms with van der Waals surface area (Å²) in [6.07, 6.45) is 0. The highest BCUT2D eigenvalue weighted by Gasteiger charge is 2.25. The average Bonchev–Trinajstić information content (AvgIpc) is 3.35. The minimum absolute atomic E-state index is 0.263. The normalized spacial score (nSPS) is 11.0. The van der Waals surface area contributed by atoms with Crippen LogP contribution in [0.5, 0.6) is 0 Å². The number of nitrogens with one attached hydrogen (secondary N) is 2. The molecular weight excluding hydrogens is 411 g/mol. The molecule has 2 aromatic heterocycles. The first-order chi connectivity index (χ1) is 15.1. The quantitative estimate of drug-likeness (QED) is 0.300. The van der Waals surface area contributed by atoms with Gasteiger partial charge < -0.3 is 16.0 Å². The van der Waals surface area contributed by atoms with Gasteiger partial charge in [-0.15, -0.1) is 11.3 Å². The molecule has 0 saturated carbocycles. The Morgan fingerprint density at radius 3 is 2.42 bits per heavy atom. The first-order valence-electron chi connectivity index (χ1n) is 9.60. The van der Waals surface area contributed by atoms with Gasteiger partial charge in [0.25, 0.3) is 0 Å². The number of aromatic amines is 1. The van der Waals surface area contributed by atoms with Crippen molar-refractivity contribution in [3.8, 4) is 11.4 Å². The number of benzene rings is 3. The number of para-hydroxylation sites is 3. The van der Waals surface area contributed by atoms with Crippen LogP contribution in [0.15, 0.2) is 78.9 Å². The van der Waals surface area contributed by atoms with E-state index in [4.69, 9.17) is 5.73 Å². The van der Waals surface area contributed by atoms with Gasteiger partial charge in [0.15, 0.2) is 0 Å². The van der Waals surface area contributed by atoms with Crippen molar-refractivity contribution >= 4 is 44.5 Å². The number of carbonyl (C=O) groups is 1. The summed E-state index contributed by atoms with van der Waals surface area (Å²) in [6, 6.07) is 22.8. The zero-order chi connectivity index (χ0) is 21.4. The van der Waals surface area contributed by atoms with Crippen LogP contribution in [0.1, 0.15) is 15.2 Å². The minimum atomic E-state index is -0.398. The number of fused-ring (bicyclic) bond motifs is 1. The third-order valence-corrected chi connectivity index (χ3v) is 6.04. The fourth-order valence-electron chi connectivity index (χ4n) is 3.39. The molecule has 5 rings (SSSR count). The summed E-state index contributed by atoms with van der Waals surface area (Å²) in [7, 11) is 0. The molecule has 5 nitrogen and oxygen atoms in total. The van der Waals surface area contributed by atoms with Crippen LogP contribution in [0.4, 0.5) is 20.8 Å². The Hall–Kier alpha value is -3.97. The zero-order valence-corrected chi connectivity index (χ0v) is 17.0. The van der Waals surface area contributed by atoms with Gasteiger partial charge >= 0.3 is 0 Å². The predicted octanol–water partition coefficient (Wildman–Crippen LogP) is 5.99. The lowest BCUT2D eigenvalue weighted by Gasteiger charge is -2.06. The summed E-state index contributed by atoms with van der Waals surface area (Å²) >= 11 is 1.25. The standard InChI is InChI=1S/C24H17FN4OS/c25-15-12-10-14(11-13-15)21(30)22-20(26)19(23-28-17-8-4-5-9-18(17)29-23)24(31-22)27-16-6-2-1-3-7-16/h1-13,27H,26H2,(H,28,29). The lowest BCUT2D eigenvalue weighted by Crippen LogP contribution is -2.02. The van der Waals surface area contributed by atoms with Crippen molar-refractivity contribution in [3.63, 3.8) is 0 Å². The maximum absolute atomic E-state index is 13.3. The molecule has 0 aliphatic carbocycles. The molecule has 2 heterocycles. The maximum atomic E-state index is 13.3. The van der Waals surface area contributed by atoms with Crippen molar-refractivity contribution in [2.24, 2.45) is 0 Å². The molecule has 0 aliphatic rings. The van der Waals surface area contributed by atoms with Crippen molar-refractivity contribution in [2.75, 3.05) is 11.1 Å². The van der Waals surface area contributed by atoms with E-state index in [1.54, 1.807) is 0 Å². The van der Waals surface area contributed by atoms with Crippen LogP contribution in [0.2, 0.25) is 0 Å². The number of H-pyrrole nitrogens is 1. The zero-order valence-electron chi connectivity index (χ0n) is 16.2. The molecule has 0 unspecified atom stereocenters. The number of aromatic nitrogens is 2. The van der Waals surface area contributed by atoms with Crippen LogP contribution >= 0.6 is 11.3 Å². The van der Waals surface area contributed by atoms with E-state index in [9.17, 15) is 9.18 Å². The number of halogens is 1. The summed E-state index contributed by atoms with van der Waals surface area (Å²) in [5.74, 6) is -0.0855. The first-order valence-corrected chi connectivity index (χ1v) is 10.4. The van der Waals surface area contributed by atoms with E-state index in [1.807, 2.05) is 54.6 Å². The van der Waals surface area contributed by atoms with Gasteiger partial charge in [0.2, 0.25) is 5.78 Å². The SMILES string of the molecule is Nc1c(C(=O)c2ccc(F)cc2)sc(Nc2ccccc2)c1-c1nc2ccccc2[nH]1. The van der Waals surface area contributed by atoms with Gasteiger partial charge in [0.1, 0.15) is 21.5 Å². The van der Waals surface area contributed by atoms with Gasteiger partial charge in [-0.3, -0.25) is 4.79 Å². The number of thiophene rings is 1. The van der Waals surface area contributed by atoms with Crippen LogP contribution < -0.4 is 11.1 Å². The fourth-order valence-corrected chi connectivity index (χ4v) is 4.50. The second-order valence-corrected chi connectivity index (χ2v) is 8.00. The molecule has 0 amide bonds. The molecule has 7 heteroatoms. The lowest BCUT2D eigenvalue weighted by atomic mass is 10.1. The average molecular weight is 428 g/mol. The Morgan fingerprint density at radius 1 is 0.968 bits per heavy atom. The highest BCUT2D eigenvalue weighted by Crippen LogP contribution is 2.44. The summed E-state index contributed by atoms with van der Waals surface area (Å²) in [5.41, 5.74) is 10.4. The minimum Gasteiger partial charge on any atom is -0.397 e. The van der Waals surface area contributed by atoms with Crippen molar-refractivity contribution in [3.05, 3.63) is 95.1 Å². The van der Waals surface area contributed by atoms with Crippen LogP contribution in [0.3, 0.4) is 0 Å². The summed E-state index contributed by atoms with van der Waals surface area (Å²) in [4.78, 5) is 21.5. The Labute approximate surface area is 181 Å². The molecule has 0 saturated heterocycles. The lowest BCUT2D eigenvalue weighted by molar-refractivity contribution is 0.104. The number of nitrogens with two attached hydrogens (primary N) is 1. The summed E-state index contributed by atoms with van der Waals surface area (Å²) in [6.45, 7) is 0. The molecular formula is C24H17FN4OS. The number of nitrogen functional groups attached to an aromatic ring is 1. The van der Waals surface area contributed by atoms with Crippen LogP contribution in [0.25, 0.3) is 22.4 Å². The molecule has 0 aliphatic heterocycles. The molecule has 152 valence electrons. The van der Waals surface area contributed by atoms with E-state index in [0.29, 0.717) is 32.5 Å². The van der Waals surface area contributed by atoms with E-state index < -0.39 is 5.82 Å². The van der Waals surface area contributed by atoms with E-state index in [2.05, 4.69) is 15.3 Å². The summed E-state index contributed by atoms with van der Waals surface area (Å²) < 4.78 is 13.3. The molecule has 3 aromatic carbocycles. The van der Waals surface area contributed by atoms with Gasteiger partial charge in [0.05, 0.1) is 22.3 Å². The fraction of sp³-hybridized carbons (Fsp3) is 0. The third-order valence-electron chi connectivity index (χ3n) is 4.92. The van der Waals surface area contributed by atoms with Gasteiger partial charge in [-0.05, 0) is 48.5 Å². The van der Waals surface area contributed by atoms with E-state index in [0.717, 1.165) is 16.7 Å². The van der Waals surface area contributed by atoms with Gasteiger partial charge in [0, 0.05) is 11.3 Å². The van der Waals surface area contributed by atoms with Gasteiger partial charge in [-0.1, -0.05) is 30.3 Å². The largest absolute Gasteiger partial charge is 0.397 e. The molecule has 5 aromatic rings. The highest BCUT2D eigenvalue weighted by atomic mass is 32.1. The van der Waals surface area contributed by atoms with E-state index in [1.165, 1.54) is 35.6 Å². The number of anilines is 3. The Morgan fingerprint density at radius 2 is 1.68 bits per heavy atom. The molecule has 0 bridgehead atoms. The second kappa shape index (κ2) is 7.70. The van der Waals surface area contributed by atoms with Gasteiger partial charge in [-0.2, -0.15) is 0 Å². The number of nitrogens with zero attached hydrogens (tertiary/aromatic N) is 1. The second-order valence-electron chi connectivity index (χ2n) is 6.98. The molecule has 0 spiro atoms. The topological polar surface area (TPSA) is 83.8 Å². The van der Waals surface area contributed by atoms with Crippen molar-refractivity contribution in [2.45, 2.75) is 0 Å². The van der Waals surface area contributed by atoms with E-state index in [-0.39, 0.29) is 5.78 Å². The molecule has 0 fully saturated rings. The van der Waals surface area contributed by atoms with Gasteiger partial charge in [-0.25, -0.2) is 9.37 Å². The number of rotatable bonds is 5. The van der Waals surface area contributed by atoms with Crippen molar-refractivity contribution in [1.82, 2.24) is 9.97 Å². The number of carbonyl (C=O) groups excluding carboxylic acids is 1. The molecule has 31 heavy (non-hydrogen) atoms. The third kappa shape index (κ3) is 3.55. The summed E-state index contributed by atoms with van der Waals surface area (Å²) in [5, 5.41) is 4.06. The van der Waals surface area contributed by atoms with Crippen LogP contribution in [0, 0.1) is 5.82 Å².